The van der Waals surface area contributed by atoms with Crippen molar-refractivity contribution in [3.63, 3.8) is 0 Å². The first-order valence-electron chi connectivity index (χ1n) is 12.7. The lowest BCUT2D eigenvalue weighted by molar-refractivity contribution is -0.181. The maximum atomic E-state index is 13.3. The van der Waals surface area contributed by atoms with Gasteiger partial charge in [0, 0.05) is 23.9 Å². The third-order valence-electron chi connectivity index (χ3n) is 6.13. The number of carbonyl (C=O) groups excluding carboxylic acids is 2. The highest BCUT2D eigenvalue weighted by atomic mass is 19.4. The van der Waals surface area contributed by atoms with Crippen LogP contribution in [-0.2, 0) is 14.9 Å². The molecule has 3 rings (SSSR count). The number of hydrogen-bond donors (Lipinski definition) is 2. The molecule has 3 heterocycles. The van der Waals surface area contributed by atoms with Gasteiger partial charge in [-0.1, -0.05) is 5.16 Å². The van der Waals surface area contributed by atoms with Crippen molar-refractivity contribution < 1.29 is 32.0 Å². The average Bonchev–Trinajstić information content (AvgIpc) is 3.46. The van der Waals surface area contributed by atoms with Crippen LogP contribution in [-0.4, -0.2) is 43.7 Å². The summed E-state index contributed by atoms with van der Waals surface area (Å²) in [6.45, 7) is 12.3. The van der Waals surface area contributed by atoms with E-state index in [2.05, 4.69) is 31.9 Å². The first kappa shape index (κ1) is 31.1. The molecule has 2 amide bonds. The van der Waals surface area contributed by atoms with Crippen LogP contribution in [0.3, 0.4) is 0 Å². The topological polar surface area (TPSA) is 148 Å². The number of pyridine rings is 1. The third-order valence-corrected chi connectivity index (χ3v) is 6.13. The van der Waals surface area contributed by atoms with Crippen LogP contribution in [0, 0.1) is 11.3 Å². The van der Waals surface area contributed by atoms with Crippen LogP contribution in [0.5, 0.6) is 0 Å². The number of amides is 2. The second-order valence-corrected chi connectivity index (χ2v) is 11.2. The van der Waals surface area contributed by atoms with Crippen molar-refractivity contribution in [2.45, 2.75) is 84.5 Å². The second-order valence-electron chi connectivity index (χ2n) is 11.2. The van der Waals surface area contributed by atoms with Crippen LogP contribution in [0.1, 0.15) is 84.3 Å². The summed E-state index contributed by atoms with van der Waals surface area (Å²) >= 11 is 0. The quantitative estimate of drug-likeness (QED) is 0.333. The van der Waals surface area contributed by atoms with E-state index in [-0.39, 0.29) is 34.7 Å². The molecule has 0 fully saturated rings. The van der Waals surface area contributed by atoms with Crippen molar-refractivity contribution in [1.29, 1.82) is 5.26 Å². The van der Waals surface area contributed by atoms with E-state index in [0.717, 1.165) is 19.9 Å². The number of anilines is 2. The summed E-state index contributed by atoms with van der Waals surface area (Å²) in [6, 6.07) is 6.08. The Balaban J connectivity index is 1.82. The molecule has 3 aromatic rings. The SMILES string of the molecule is CC(C(=O)Nc1cc(C(C)(C)C(F)(F)F)no1)c1ccc(-c2nn(C(C)C)c(NC(=O)OC(C)(C)C)c2C#N)cn1. The van der Waals surface area contributed by atoms with Crippen LogP contribution in [0.15, 0.2) is 28.9 Å². The van der Waals surface area contributed by atoms with Crippen LogP contribution in [0.25, 0.3) is 11.3 Å². The maximum absolute atomic E-state index is 13.3. The molecule has 0 aliphatic carbocycles. The molecule has 2 N–H and O–H groups in total. The van der Waals surface area contributed by atoms with E-state index in [9.17, 15) is 28.0 Å². The van der Waals surface area contributed by atoms with Gasteiger partial charge in [0.05, 0.1) is 11.6 Å². The van der Waals surface area contributed by atoms with Crippen molar-refractivity contribution in [3.8, 4) is 17.3 Å². The minimum absolute atomic E-state index is 0.104. The maximum Gasteiger partial charge on any atom is 0.413 e. The molecule has 0 saturated carbocycles. The van der Waals surface area contributed by atoms with Crippen molar-refractivity contribution in [2.75, 3.05) is 10.6 Å². The monoisotopic (exact) mass is 575 g/mol. The fraction of sp³-hybridized carbons (Fsp3) is 0.481. The minimum Gasteiger partial charge on any atom is -0.444 e. The summed E-state index contributed by atoms with van der Waals surface area (Å²) < 4.78 is 51.6. The van der Waals surface area contributed by atoms with Crippen LogP contribution in [0.4, 0.5) is 29.7 Å². The fourth-order valence-corrected chi connectivity index (χ4v) is 3.58. The van der Waals surface area contributed by atoms with E-state index in [0.29, 0.717) is 11.3 Å². The number of rotatable bonds is 7. The molecule has 0 aliphatic heterocycles. The van der Waals surface area contributed by atoms with Crippen LogP contribution >= 0.6 is 0 Å². The van der Waals surface area contributed by atoms with Gasteiger partial charge in [-0.2, -0.15) is 23.5 Å². The van der Waals surface area contributed by atoms with E-state index in [1.807, 2.05) is 13.8 Å². The molecule has 41 heavy (non-hydrogen) atoms. The second kappa shape index (κ2) is 11.2. The molecule has 14 heteroatoms. The first-order valence-corrected chi connectivity index (χ1v) is 12.7. The highest BCUT2D eigenvalue weighted by Gasteiger charge is 2.50. The summed E-state index contributed by atoms with van der Waals surface area (Å²) in [5, 5.41) is 22.9. The Labute approximate surface area is 235 Å². The number of alkyl halides is 3. The zero-order valence-corrected chi connectivity index (χ0v) is 24.0. The number of nitrogens with zero attached hydrogens (tertiary/aromatic N) is 5. The van der Waals surface area contributed by atoms with E-state index < -0.39 is 35.1 Å². The molecule has 0 spiro atoms. The third kappa shape index (κ3) is 6.85. The number of carbonyl (C=O) groups is 2. The van der Waals surface area contributed by atoms with Gasteiger partial charge < -0.3 is 9.26 Å². The Bertz CT molecular complexity index is 1460. The molecular formula is C27H32F3N7O4. The first-order chi connectivity index (χ1) is 18.9. The zero-order valence-electron chi connectivity index (χ0n) is 24.0. The van der Waals surface area contributed by atoms with E-state index >= 15 is 0 Å². The lowest BCUT2D eigenvalue weighted by Crippen LogP contribution is -2.36. The van der Waals surface area contributed by atoms with E-state index in [1.165, 1.54) is 10.9 Å². The molecule has 1 atom stereocenters. The van der Waals surface area contributed by atoms with Gasteiger partial charge in [0.1, 0.15) is 34.0 Å². The Morgan fingerprint density at radius 3 is 2.27 bits per heavy atom. The van der Waals surface area contributed by atoms with Crippen LogP contribution in [0.2, 0.25) is 0 Å². The van der Waals surface area contributed by atoms with Gasteiger partial charge >= 0.3 is 12.3 Å². The van der Waals surface area contributed by atoms with Crippen LogP contribution < -0.4 is 10.6 Å². The number of ether oxygens (including phenoxy) is 1. The van der Waals surface area contributed by atoms with Crippen molar-refractivity contribution in [3.05, 3.63) is 41.3 Å². The molecule has 0 saturated heterocycles. The molecule has 0 bridgehead atoms. The molecule has 0 radical (unpaired) electrons. The molecule has 0 aromatic carbocycles. The number of hydrogen-bond acceptors (Lipinski definition) is 8. The standard InChI is InChI=1S/C27H32F3N7O4/c1-14(2)37-22(34-24(39)40-25(4,5)6)17(12-31)21(35-37)16-9-10-18(32-13-16)15(3)23(38)33-20-11-19(36-41-20)26(7,8)27(28,29)30/h9-11,13-15H,1-8H3,(H,33,38)(H,34,39). The van der Waals surface area contributed by atoms with Gasteiger partial charge in [0.15, 0.2) is 5.82 Å². The lowest BCUT2D eigenvalue weighted by atomic mass is 9.89. The predicted molar refractivity (Wildman–Crippen MR) is 143 cm³/mol. The van der Waals surface area contributed by atoms with Gasteiger partial charge in [-0.15, -0.1) is 0 Å². The van der Waals surface area contributed by atoms with Gasteiger partial charge in [-0.3, -0.25) is 20.4 Å². The molecule has 11 nitrogen and oxygen atoms in total. The fourth-order valence-electron chi connectivity index (χ4n) is 3.58. The van der Waals surface area contributed by atoms with Crippen molar-refractivity contribution in [2.24, 2.45) is 0 Å². The molecule has 220 valence electrons. The molecular weight excluding hydrogens is 543 g/mol. The minimum atomic E-state index is -4.56. The normalized spacial score (nSPS) is 13.0. The Kier molecular flexibility index (Phi) is 8.52. The number of nitrogens with one attached hydrogen (secondary N) is 2. The summed E-state index contributed by atoms with van der Waals surface area (Å²) in [5.41, 5.74) is -2.21. The van der Waals surface area contributed by atoms with Gasteiger partial charge in [0.25, 0.3) is 0 Å². The number of aromatic nitrogens is 4. The number of nitriles is 1. The Hall–Kier alpha value is -4.41. The molecule has 0 aliphatic rings. The number of halogens is 3. The highest BCUT2D eigenvalue weighted by molar-refractivity contribution is 5.94. The van der Waals surface area contributed by atoms with Gasteiger partial charge in [-0.05, 0) is 67.5 Å². The van der Waals surface area contributed by atoms with E-state index in [1.54, 1.807) is 39.8 Å². The molecule has 1 unspecified atom stereocenters. The van der Waals surface area contributed by atoms with Crippen molar-refractivity contribution in [1.82, 2.24) is 19.9 Å². The Morgan fingerprint density at radius 2 is 1.76 bits per heavy atom. The van der Waals surface area contributed by atoms with Gasteiger partial charge in [0.2, 0.25) is 11.8 Å². The summed E-state index contributed by atoms with van der Waals surface area (Å²) in [5.74, 6) is -1.46. The van der Waals surface area contributed by atoms with Crippen molar-refractivity contribution >= 4 is 23.7 Å². The predicted octanol–water partition coefficient (Wildman–Crippen LogP) is 6.31. The van der Waals surface area contributed by atoms with Gasteiger partial charge in [-0.25, -0.2) is 9.48 Å². The summed E-state index contributed by atoms with van der Waals surface area (Å²) in [6.07, 6.45) is -3.87. The van der Waals surface area contributed by atoms with E-state index in [4.69, 9.17) is 9.26 Å². The average molecular weight is 576 g/mol. The zero-order chi connectivity index (χ0) is 30.9. The largest absolute Gasteiger partial charge is 0.444 e. The lowest BCUT2D eigenvalue weighted by Gasteiger charge is -2.24. The Morgan fingerprint density at radius 1 is 1.10 bits per heavy atom. The molecule has 3 aromatic heterocycles. The summed E-state index contributed by atoms with van der Waals surface area (Å²) in [7, 11) is 0. The highest BCUT2D eigenvalue weighted by Crippen LogP contribution is 2.40. The summed E-state index contributed by atoms with van der Waals surface area (Å²) in [4.78, 5) is 29.5. The smallest absolute Gasteiger partial charge is 0.413 e.